The summed E-state index contributed by atoms with van der Waals surface area (Å²) in [4.78, 5) is 37.0. The van der Waals surface area contributed by atoms with Gasteiger partial charge in [0.25, 0.3) is 0 Å². The van der Waals surface area contributed by atoms with Crippen LogP contribution in [0.25, 0.3) is 65.3 Å². The van der Waals surface area contributed by atoms with Gasteiger partial charge in [0.1, 0.15) is 29.0 Å². The third-order valence-electron chi connectivity index (χ3n) is 11.8. The van der Waals surface area contributed by atoms with E-state index in [2.05, 4.69) is 117 Å². The van der Waals surface area contributed by atoms with Gasteiger partial charge in [0.2, 0.25) is 5.91 Å². The predicted octanol–water partition coefficient (Wildman–Crippen LogP) is 7.89. The zero-order valence-electron chi connectivity index (χ0n) is 40.0. The summed E-state index contributed by atoms with van der Waals surface area (Å²) in [7, 11) is 6.66. The Bertz CT molecular complexity index is 3220. The van der Waals surface area contributed by atoms with E-state index in [1.807, 2.05) is 60.7 Å². The first-order valence-corrected chi connectivity index (χ1v) is 24.7. The highest BCUT2D eigenvalue weighted by atomic mass is 127. The van der Waals surface area contributed by atoms with E-state index >= 15 is 0 Å². The Morgan fingerprint density at radius 1 is 0.514 bits per heavy atom. The maximum absolute atomic E-state index is 12.7. The van der Waals surface area contributed by atoms with Gasteiger partial charge < -0.3 is 51.9 Å². The molecule has 2 atom stereocenters. The maximum atomic E-state index is 12.7. The Kier molecular flexibility index (Phi) is 18.6. The van der Waals surface area contributed by atoms with E-state index in [-0.39, 0.29) is 37.3 Å². The van der Waals surface area contributed by atoms with Gasteiger partial charge in [-0.15, -0.1) is 0 Å². The molecule has 0 aliphatic carbocycles. The number of carbonyl (C=O) groups is 3. The standard InChI is InChI=1S/C29H28INO5.C27H26INO4.ClH/c1-5-36-29(33)24(31-17(2)32)16-20-14-18-10-6-8-12-21(18)25(27(20)34-3)26-22-13-9-7-11-19(22)15-23(30)28(26)35-4;1-4-33-27(30)22(29)15-18-13-16-9-5-7-11-19(16)23(25(18)31-2)24-20-12-8-6-10-17(20)14-21(28)26(24)32-3;/h6-15,24H,5,16H2,1-4H3,(H,31,32);5-14,22H,4,15,29H2,1-3H3;1H. The molecule has 364 valence electrons. The molecule has 0 aliphatic rings. The van der Waals surface area contributed by atoms with Gasteiger partial charge in [-0.2, -0.15) is 0 Å². The van der Waals surface area contributed by atoms with E-state index in [4.69, 9.17) is 28.4 Å². The van der Waals surface area contributed by atoms with Gasteiger partial charge in [0, 0.05) is 47.6 Å². The molecule has 0 saturated carbocycles. The fourth-order valence-electron chi connectivity index (χ4n) is 9.03. The maximum Gasteiger partial charge on any atom is 0.365 e. The number of hydrogen-bond acceptors (Lipinski definition) is 9. The molecule has 0 heterocycles. The molecule has 0 aromatic heterocycles. The molecule has 0 bridgehead atoms. The summed E-state index contributed by atoms with van der Waals surface area (Å²) in [6.07, 6.45) is 0.619. The molecular weight excluding hydrogens is 1130 g/mol. The summed E-state index contributed by atoms with van der Waals surface area (Å²) < 4.78 is 36.4. The number of quaternary nitrogens is 1. The summed E-state index contributed by atoms with van der Waals surface area (Å²) in [6.45, 7) is 5.48. The van der Waals surface area contributed by atoms with Crippen LogP contribution >= 0.6 is 45.2 Å². The summed E-state index contributed by atoms with van der Waals surface area (Å²) in [5, 5.41) is 11.1. The number of rotatable bonds is 15. The molecule has 0 fully saturated rings. The molecule has 0 spiro atoms. The van der Waals surface area contributed by atoms with Crippen molar-refractivity contribution in [1.29, 1.82) is 0 Å². The first-order chi connectivity index (χ1) is 33.4. The Morgan fingerprint density at radius 2 is 0.843 bits per heavy atom. The minimum absolute atomic E-state index is 0. The molecule has 4 N–H and O–H groups in total. The quantitative estimate of drug-likeness (QED) is 0.0774. The highest BCUT2D eigenvalue weighted by Gasteiger charge is 2.29. The Hall–Kier alpha value is -5.88. The molecule has 0 radical (unpaired) electrons. The van der Waals surface area contributed by atoms with Crippen LogP contribution in [0.2, 0.25) is 0 Å². The van der Waals surface area contributed by atoms with Crippen LogP contribution in [0.5, 0.6) is 23.0 Å². The molecular formula is C56H55ClI2N2O9. The van der Waals surface area contributed by atoms with Crippen molar-refractivity contribution >= 4 is 106 Å². The van der Waals surface area contributed by atoms with Crippen LogP contribution in [-0.2, 0) is 36.7 Å². The zero-order valence-corrected chi connectivity index (χ0v) is 45.1. The second-order valence-electron chi connectivity index (χ2n) is 16.2. The highest BCUT2D eigenvalue weighted by Crippen LogP contribution is 2.50. The van der Waals surface area contributed by atoms with E-state index in [0.717, 1.165) is 101 Å². The lowest BCUT2D eigenvalue weighted by Gasteiger charge is -2.23. The molecule has 70 heavy (non-hydrogen) atoms. The summed E-state index contributed by atoms with van der Waals surface area (Å²) >= 11 is 4.61. The van der Waals surface area contributed by atoms with Crippen molar-refractivity contribution in [3.05, 3.63) is 140 Å². The molecule has 8 rings (SSSR count). The van der Waals surface area contributed by atoms with Crippen molar-refractivity contribution < 1.29 is 60.9 Å². The third-order valence-corrected chi connectivity index (χ3v) is 13.4. The number of halogens is 3. The number of hydrogen-bond donors (Lipinski definition) is 2. The second-order valence-corrected chi connectivity index (χ2v) is 18.5. The molecule has 1 amide bonds. The molecule has 0 aliphatic heterocycles. The minimum Gasteiger partial charge on any atom is -1.00 e. The molecule has 8 aromatic rings. The van der Waals surface area contributed by atoms with Gasteiger partial charge in [0.05, 0.1) is 48.8 Å². The van der Waals surface area contributed by atoms with Crippen molar-refractivity contribution in [1.82, 2.24) is 5.32 Å². The van der Waals surface area contributed by atoms with Crippen molar-refractivity contribution in [2.75, 3.05) is 41.7 Å². The normalized spacial score (nSPS) is 11.7. The lowest BCUT2D eigenvalue weighted by atomic mass is 9.89. The third kappa shape index (κ3) is 11.2. The number of amides is 1. The minimum atomic E-state index is -0.847. The van der Waals surface area contributed by atoms with E-state index in [0.29, 0.717) is 18.8 Å². The molecule has 0 saturated heterocycles. The Labute approximate surface area is 441 Å². The van der Waals surface area contributed by atoms with E-state index in [9.17, 15) is 14.4 Å². The van der Waals surface area contributed by atoms with Crippen molar-refractivity contribution in [2.45, 2.75) is 45.7 Å². The number of fused-ring (bicyclic) bond motifs is 4. The van der Waals surface area contributed by atoms with Crippen LogP contribution in [-0.4, -0.2) is 71.6 Å². The average Bonchev–Trinajstić information content (AvgIpc) is 3.34. The summed E-state index contributed by atoms with van der Waals surface area (Å²) in [5.41, 5.74) is 9.47. The van der Waals surface area contributed by atoms with Crippen molar-refractivity contribution in [3.63, 3.8) is 0 Å². The number of methoxy groups -OCH3 is 4. The van der Waals surface area contributed by atoms with Crippen LogP contribution in [0, 0.1) is 7.14 Å². The number of nitrogens with one attached hydrogen (secondary N) is 1. The Balaban J connectivity index is 0.000000227. The summed E-state index contributed by atoms with van der Waals surface area (Å²) in [6, 6.07) is 39.6. The second kappa shape index (κ2) is 24.3. The molecule has 2 unspecified atom stereocenters. The van der Waals surface area contributed by atoms with Crippen LogP contribution < -0.4 is 42.4 Å². The van der Waals surface area contributed by atoms with Gasteiger partial charge in [-0.1, -0.05) is 97.1 Å². The lowest BCUT2D eigenvalue weighted by Crippen LogP contribution is -3.00. The fourth-order valence-corrected chi connectivity index (χ4v) is 10.7. The number of carbonyl (C=O) groups excluding carboxylic acids is 3. The first kappa shape index (κ1) is 53.5. The van der Waals surface area contributed by atoms with Gasteiger partial charge in [-0.25, -0.2) is 9.59 Å². The van der Waals surface area contributed by atoms with Crippen LogP contribution in [0.4, 0.5) is 0 Å². The van der Waals surface area contributed by atoms with E-state index < -0.39 is 18.1 Å². The number of benzene rings is 8. The van der Waals surface area contributed by atoms with Crippen LogP contribution in [0.3, 0.4) is 0 Å². The van der Waals surface area contributed by atoms with Crippen LogP contribution in [0.1, 0.15) is 31.9 Å². The highest BCUT2D eigenvalue weighted by molar-refractivity contribution is 14.1. The van der Waals surface area contributed by atoms with Gasteiger partial charge in [-0.05, 0) is 132 Å². The van der Waals surface area contributed by atoms with Crippen LogP contribution in [0.15, 0.2) is 121 Å². The fraction of sp³-hybridized carbons (Fsp3) is 0.232. The average molecular weight is 1190 g/mol. The van der Waals surface area contributed by atoms with Crippen molar-refractivity contribution in [2.24, 2.45) is 0 Å². The summed E-state index contributed by atoms with van der Waals surface area (Å²) in [5.74, 6) is 1.78. The number of esters is 2. The largest absolute Gasteiger partial charge is 1.00 e. The van der Waals surface area contributed by atoms with Gasteiger partial charge in [0.15, 0.2) is 6.04 Å². The Morgan fingerprint density at radius 3 is 1.20 bits per heavy atom. The number of ether oxygens (including phenoxy) is 6. The van der Waals surface area contributed by atoms with E-state index in [1.165, 1.54) is 6.92 Å². The zero-order chi connectivity index (χ0) is 49.4. The van der Waals surface area contributed by atoms with Crippen molar-refractivity contribution in [3.8, 4) is 45.3 Å². The molecule has 8 aromatic carbocycles. The first-order valence-electron chi connectivity index (χ1n) is 22.5. The predicted molar refractivity (Wildman–Crippen MR) is 290 cm³/mol. The van der Waals surface area contributed by atoms with Gasteiger partial charge in [-0.3, -0.25) is 4.79 Å². The topological polar surface area (TPSA) is 146 Å². The monoisotopic (exact) mass is 1190 g/mol. The lowest BCUT2D eigenvalue weighted by molar-refractivity contribution is -0.407. The SMILES string of the molecule is CCOC(=O)C(Cc1cc2ccccc2c(-c2c(OC)c(I)cc3ccccc23)c1OC)NC(C)=O.CCOC(=O)C([NH3+])Cc1cc2ccccc2c(-c2c(OC)c(I)cc3ccccc23)c1OC.[Cl-]. The smallest absolute Gasteiger partial charge is 0.365 e. The molecule has 11 nitrogen and oxygen atoms in total. The molecule has 14 heteroatoms. The van der Waals surface area contributed by atoms with Gasteiger partial charge >= 0.3 is 11.9 Å². The van der Waals surface area contributed by atoms with E-state index in [1.54, 1.807) is 42.3 Å².